The first-order chi connectivity index (χ1) is 23.6. The minimum absolute atomic E-state index is 0.00320. The molecule has 2 fully saturated rings. The van der Waals surface area contributed by atoms with Gasteiger partial charge in [0.25, 0.3) is 0 Å². The monoisotopic (exact) mass is 756 g/mol. The summed E-state index contributed by atoms with van der Waals surface area (Å²) >= 11 is 2.33. The summed E-state index contributed by atoms with van der Waals surface area (Å²) in [7, 11) is 0. The Morgan fingerprint density at radius 2 is 1.14 bits per heavy atom. The first-order valence-corrected chi connectivity index (χ1v) is 19.5. The Balaban J connectivity index is 1.59. The van der Waals surface area contributed by atoms with E-state index >= 15 is 0 Å². The molecular formula is C35H56N4O10S2. The van der Waals surface area contributed by atoms with Gasteiger partial charge in [-0.2, -0.15) is 0 Å². The van der Waals surface area contributed by atoms with Crippen LogP contribution in [0.4, 0.5) is 0 Å². The fraction of sp³-hybridized carbons (Fsp3) is 0.771. The van der Waals surface area contributed by atoms with Crippen LogP contribution in [0, 0.1) is 5.41 Å². The van der Waals surface area contributed by atoms with Crippen molar-refractivity contribution in [2.24, 2.45) is 5.41 Å². The molecule has 2 aliphatic heterocycles. The highest BCUT2D eigenvalue weighted by Gasteiger charge is 2.40. The van der Waals surface area contributed by atoms with Gasteiger partial charge in [-0.25, -0.2) is 0 Å². The molecule has 2 aliphatic rings. The summed E-state index contributed by atoms with van der Waals surface area (Å²) in [6, 6.07) is 0. The van der Waals surface area contributed by atoms with E-state index in [1.807, 2.05) is 48.5 Å². The maximum atomic E-state index is 12.7. The lowest BCUT2D eigenvalue weighted by molar-refractivity contribution is -0.140. The zero-order valence-corrected chi connectivity index (χ0v) is 33.0. The van der Waals surface area contributed by atoms with E-state index in [2.05, 4.69) is 10.6 Å². The molecule has 14 nitrogen and oxygen atoms in total. The lowest BCUT2D eigenvalue weighted by atomic mass is 9.92. The molecule has 0 spiro atoms. The molecule has 0 radical (unpaired) electrons. The molecule has 16 heteroatoms. The third-order valence-electron chi connectivity index (χ3n) is 8.43. The van der Waals surface area contributed by atoms with Gasteiger partial charge in [0.15, 0.2) is 0 Å². The molecule has 2 saturated heterocycles. The van der Waals surface area contributed by atoms with Gasteiger partial charge in [0.2, 0.25) is 35.4 Å². The second-order valence-corrected chi connectivity index (χ2v) is 17.4. The van der Waals surface area contributed by atoms with E-state index in [4.69, 9.17) is 9.47 Å². The van der Waals surface area contributed by atoms with Gasteiger partial charge in [0.05, 0.1) is 46.4 Å². The molecule has 0 aliphatic carbocycles. The van der Waals surface area contributed by atoms with Gasteiger partial charge in [-0.15, -0.1) is 23.5 Å². The number of nitrogens with zero attached hydrogens (tertiary/aromatic N) is 2. The van der Waals surface area contributed by atoms with Crippen LogP contribution >= 0.6 is 23.5 Å². The van der Waals surface area contributed by atoms with E-state index in [1.165, 1.54) is 18.7 Å². The zero-order valence-electron chi connectivity index (χ0n) is 31.3. The molecule has 0 aromatic heterocycles. The van der Waals surface area contributed by atoms with Crippen molar-refractivity contribution in [1.29, 1.82) is 0 Å². The summed E-state index contributed by atoms with van der Waals surface area (Å²) in [6.45, 7) is 15.8. The smallest absolute Gasteiger partial charge is 0.242 e. The number of likely N-dealkylation sites (tertiary alicyclic amines) is 2. The fourth-order valence-electron chi connectivity index (χ4n) is 4.99. The maximum absolute atomic E-state index is 12.7. The van der Waals surface area contributed by atoms with Crippen LogP contribution in [0.2, 0.25) is 0 Å². The highest BCUT2D eigenvalue weighted by atomic mass is 32.2. The van der Waals surface area contributed by atoms with Crippen LogP contribution in [0.3, 0.4) is 0 Å². The molecule has 0 aromatic rings. The Morgan fingerprint density at radius 1 is 0.686 bits per heavy atom. The summed E-state index contributed by atoms with van der Waals surface area (Å²) in [5.74, 6) is -1.69. The second kappa shape index (κ2) is 19.9. The van der Waals surface area contributed by atoms with E-state index in [1.54, 1.807) is 0 Å². The molecule has 6 amide bonds. The number of thioether (sulfide) groups is 2. The van der Waals surface area contributed by atoms with E-state index in [0.717, 1.165) is 21.6 Å². The van der Waals surface area contributed by atoms with Gasteiger partial charge in [0.1, 0.15) is 11.6 Å². The van der Waals surface area contributed by atoms with Gasteiger partial charge < -0.3 is 20.1 Å². The summed E-state index contributed by atoms with van der Waals surface area (Å²) < 4.78 is 12.0. The summed E-state index contributed by atoms with van der Waals surface area (Å²) in [6.07, 6.45) is 1.14. The van der Waals surface area contributed by atoms with Crippen molar-refractivity contribution < 1.29 is 47.8 Å². The predicted octanol–water partition coefficient (Wildman–Crippen LogP) is 2.30. The number of amides is 6. The number of hydrogen-bond acceptors (Lipinski definition) is 12. The lowest BCUT2D eigenvalue weighted by Gasteiger charge is -2.30. The van der Waals surface area contributed by atoms with Gasteiger partial charge in [-0.3, -0.25) is 48.2 Å². The first kappa shape index (κ1) is 44.3. The average Bonchev–Trinajstić information content (AvgIpc) is 3.45. The van der Waals surface area contributed by atoms with Gasteiger partial charge in [-0.05, 0) is 47.5 Å². The van der Waals surface area contributed by atoms with E-state index < -0.39 is 27.1 Å². The highest BCUT2D eigenvalue weighted by Crippen LogP contribution is 2.28. The minimum atomic E-state index is -0.599. The van der Waals surface area contributed by atoms with Crippen molar-refractivity contribution >= 4 is 70.5 Å². The van der Waals surface area contributed by atoms with Crippen LogP contribution in [-0.4, -0.2) is 129 Å². The van der Waals surface area contributed by atoms with Crippen molar-refractivity contribution in [3.05, 3.63) is 0 Å². The number of carbonyl (C=O) groups is 8. The molecule has 0 bridgehead atoms. The molecule has 2 rings (SSSR count). The molecule has 2 heterocycles. The van der Waals surface area contributed by atoms with Gasteiger partial charge in [0, 0.05) is 57.3 Å². The number of hydrogen-bond donors (Lipinski definition) is 2. The van der Waals surface area contributed by atoms with Crippen LogP contribution in [0.1, 0.15) is 93.9 Å². The molecule has 0 saturated carbocycles. The number of rotatable bonds is 23. The van der Waals surface area contributed by atoms with Gasteiger partial charge >= 0.3 is 0 Å². The SMILES string of the molecule is CC(=O)CSC1CC(=O)N(CCC(=O)NCCOC(C)(C)CCOC(C)(C)CCNC(=O)CCN2C(=O)CC(SCC(=O)C(C)(C)C)C2=O)C1=O. The Bertz CT molecular complexity index is 1310. The van der Waals surface area contributed by atoms with Crippen LogP contribution in [0.25, 0.3) is 0 Å². The third kappa shape index (κ3) is 15.8. The van der Waals surface area contributed by atoms with Crippen LogP contribution < -0.4 is 10.6 Å². The normalized spacial score (nSPS) is 18.5. The minimum Gasteiger partial charge on any atom is -0.375 e. The molecule has 51 heavy (non-hydrogen) atoms. The molecule has 288 valence electrons. The van der Waals surface area contributed by atoms with Crippen molar-refractivity contribution in [3.63, 3.8) is 0 Å². The Labute approximate surface area is 310 Å². The summed E-state index contributed by atoms with van der Waals surface area (Å²) in [5, 5.41) is 4.39. The number of ketones is 2. The number of Topliss-reactive ketones (excluding diaryl/α,β-unsaturated/α-hetero) is 2. The highest BCUT2D eigenvalue weighted by molar-refractivity contribution is 8.01. The van der Waals surface area contributed by atoms with Crippen molar-refractivity contribution in [1.82, 2.24) is 20.4 Å². The predicted molar refractivity (Wildman–Crippen MR) is 195 cm³/mol. The third-order valence-corrected chi connectivity index (χ3v) is 11.0. The zero-order chi connectivity index (χ0) is 38.6. The van der Waals surface area contributed by atoms with Crippen molar-refractivity contribution in [3.8, 4) is 0 Å². The quantitative estimate of drug-likeness (QED) is 0.115. The van der Waals surface area contributed by atoms with E-state index in [9.17, 15) is 38.4 Å². The van der Waals surface area contributed by atoms with Crippen molar-refractivity contribution in [2.75, 3.05) is 50.9 Å². The van der Waals surface area contributed by atoms with Crippen molar-refractivity contribution in [2.45, 2.75) is 116 Å². The maximum Gasteiger partial charge on any atom is 0.242 e. The Kier molecular flexibility index (Phi) is 17.3. The molecule has 2 N–H and O–H groups in total. The van der Waals surface area contributed by atoms with Crippen LogP contribution in [0.5, 0.6) is 0 Å². The van der Waals surface area contributed by atoms with E-state index in [-0.39, 0.29) is 110 Å². The number of imide groups is 2. The van der Waals surface area contributed by atoms with E-state index in [0.29, 0.717) is 26.0 Å². The van der Waals surface area contributed by atoms with Crippen LogP contribution in [-0.2, 0) is 47.8 Å². The van der Waals surface area contributed by atoms with Gasteiger partial charge in [-0.1, -0.05) is 20.8 Å². The fourth-order valence-corrected chi connectivity index (χ4v) is 7.27. The lowest BCUT2D eigenvalue weighted by Crippen LogP contribution is -2.38. The molecule has 2 unspecified atom stereocenters. The Morgan fingerprint density at radius 3 is 1.63 bits per heavy atom. The summed E-state index contributed by atoms with van der Waals surface area (Å²) in [5.41, 5.74) is -1.60. The van der Waals surface area contributed by atoms with Crippen LogP contribution in [0.15, 0.2) is 0 Å². The standard InChI is InChI=1S/C35H56N4O10S2/c1-23(40)21-50-24-19-29(44)38(31(24)46)16-10-28(43)37-14-18-49-35(7,8)12-17-48-34(5,6)11-13-36-27(42)9-15-39-30(45)20-25(32(39)47)51-22-26(41)33(2,3)4/h24-25H,9-22H2,1-8H3,(H,36,42)(H,37,43). The average molecular weight is 757 g/mol. The molecular weight excluding hydrogens is 701 g/mol. The molecule has 0 aromatic carbocycles. The largest absolute Gasteiger partial charge is 0.375 e. The number of nitrogens with one attached hydrogen (secondary N) is 2. The first-order valence-electron chi connectivity index (χ1n) is 17.4. The topological polar surface area (TPSA) is 186 Å². The second-order valence-electron chi connectivity index (χ2n) is 15.1. The number of ether oxygens (including phenoxy) is 2. The summed E-state index contributed by atoms with van der Waals surface area (Å²) in [4.78, 5) is 100. The molecule has 2 atom stereocenters. The Hall–Kier alpha value is -2.82. The number of carbonyl (C=O) groups excluding carboxylic acids is 8.